The number of nitrogens with one attached hydrogen (secondary N) is 1. The molecule has 112 valence electrons. The van der Waals surface area contributed by atoms with Crippen molar-refractivity contribution in [2.75, 3.05) is 6.54 Å². The van der Waals surface area contributed by atoms with E-state index in [4.69, 9.17) is 11.6 Å². The standard InChI is InChI=1S/C17H16ClN3O/c18-14-6-4-13(5-7-14)8-9-19-17(22)11-15-12-21-10-2-1-3-16(21)20-15/h1-7,10,12H,8-9,11H2,(H,19,22). The minimum atomic E-state index is -0.0163. The van der Waals surface area contributed by atoms with Crippen LogP contribution in [0.4, 0.5) is 0 Å². The molecule has 4 nitrogen and oxygen atoms in total. The molecule has 2 heterocycles. The first-order valence-corrected chi connectivity index (χ1v) is 7.52. The topological polar surface area (TPSA) is 46.4 Å². The fourth-order valence-corrected chi connectivity index (χ4v) is 2.42. The molecular weight excluding hydrogens is 298 g/mol. The van der Waals surface area contributed by atoms with Crippen LogP contribution in [0.1, 0.15) is 11.3 Å². The van der Waals surface area contributed by atoms with Crippen LogP contribution in [0.3, 0.4) is 0 Å². The summed E-state index contributed by atoms with van der Waals surface area (Å²) in [5, 5.41) is 3.64. The highest BCUT2D eigenvalue weighted by molar-refractivity contribution is 6.30. The van der Waals surface area contributed by atoms with Gasteiger partial charge in [-0.05, 0) is 36.2 Å². The van der Waals surface area contributed by atoms with Crippen LogP contribution in [0.15, 0.2) is 54.9 Å². The molecule has 0 unspecified atom stereocenters. The molecule has 0 radical (unpaired) electrons. The normalized spacial score (nSPS) is 10.8. The minimum absolute atomic E-state index is 0.0163. The molecular formula is C17H16ClN3O. The molecule has 3 aromatic rings. The summed E-state index contributed by atoms with van der Waals surface area (Å²) in [6.45, 7) is 0.605. The summed E-state index contributed by atoms with van der Waals surface area (Å²) in [6.07, 6.45) is 4.88. The van der Waals surface area contributed by atoms with Crippen molar-refractivity contribution in [2.24, 2.45) is 0 Å². The molecule has 0 aliphatic rings. The number of pyridine rings is 1. The van der Waals surface area contributed by atoms with E-state index < -0.39 is 0 Å². The maximum atomic E-state index is 12.0. The van der Waals surface area contributed by atoms with Crippen LogP contribution >= 0.6 is 11.6 Å². The van der Waals surface area contributed by atoms with E-state index in [0.29, 0.717) is 13.0 Å². The number of hydrogen-bond donors (Lipinski definition) is 1. The highest BCUT2D eigenvalue weighted by Crippen LogP contribution is 2.09. The van der Waals surface area contributed by atoms with Gasteiger partial charge in [0.2, 0.25) is 5.91 Å². The van der Waals surface area contributed by atoms with Gasteiger partial charge >= 0.3 is 0 Å². The number of aromatic nitrogens is 2. The number of hydrogen-bond acceptors (Lipinski definition) is 2. The molecule has 0 saturated heterocycles. The van der Waals surface area contributed by atoms with Crippen molar-refractivity contribution in [2.45, 2.75) is 12.8 Å². The van der Waals surface area contributed by atoms with Gasteiger partial charge in [-0.25, -0.2) is 4.98 Å². The van der Waals surface area contributed by atoms with Crippen molar-refractivity contribution < 1.29 is 4.79 Å². The molecule has 0 spiro atoms. The molecule has 22 heavy (non-hydrogen) atoms. The second-order valence-corrected chi connectivity index (χ2v) is 5.54. The molecule has 0 bridgehead atoms. The maximum absolute atomic E-state index is 12.0. The zero-order valence-corrected chi connectivity index (χ0v) is 12.8. The van der Waals surface area contributed by atoms with Gasteiger partial charge in [0.1, 0.15) is 5.65 Å². The van der Waals surface area contributed by atoms with Crippen LogP contribution in [-0.4, -0.2) is 21.8 Å². The summed E-state index contributed by atoms with van der Waals surface area (Å²) in [4.78, 5) is 16.4. The number of nitrogens with zero attached hydrogens (tertiary/aromatic N) is 2. The van der Waals surface area contributed by atoms with Crippen molar-refractivity contribution in [3.8, 4) is 0 Å². The molecule has 1 N–H and O–H groups in total. The summed E-state index contributed by atoms with van der Waals surface area (Å²) >= 11 is 5.84. The Hall–Kier alpha value is -2.33. The molecule has 0 saturated carbocycles. The third-order valence-electron chi connectivity index (χ3n) is 3.40. The molecule has 0 fully saturated rings. The molecule has 0 aliphatic carbocycles. The van der Waals surface area contributed by atoms with Gasteiger partial charge in [0.05, 0.1) is 12.1 Å². The second-order valence-electron chi connectivity index (χ2n) is 5.10. The Morgan fingerprint density at radius 2 is 2.00 bits per heavy atom. The van der Waals surface area contributed by atoms with E-state index >= 15 is 0 Å². The number of amides is 1. The quantitative estimate of drug-likeness (QED) is 0.787. The van der Waals surface area contributed by atoms with E-state index in [-0.39, 0.29) is 5.91 Å². The van der Waals surface area contributed by atoms with Crippen LogP contribution in [0.5, 0.6) is 0 Å². The highest BCUT2D eigenvalue weighted by atomic mass is 35.5. The second kappa shape index (κ2) is 6.62. The lowest BCUT2D eigenvalue weighted by Crippen LogP contribution is -2.27. The maximum Gasteiger partial charge on any atom is 0.226 e. The monoisotopic (exact) mass is 313 g/mol. The smallest absolute Gasteiger partial charge is 0.226 e. The summed E-state index contributed by atoms with van der Waals surface area (Å²) in [6, 6.07) is 13.4. The van der Waals surface area contributed by atoms with Gasteiger partial charge in [0, 0.05) is 24.0 Å². The number of benzene rings is 1. The van der Waals surface area contributed by atoms with E-state index in [1.807, 2.05) is 59.3 Å². The number of carbonyl (C=O) groups excluding carboxylic acids is 1. The van der Waals surface area contributed by atoms with E-state index in [1.165, 1.54) is 0 Å². The van der Waals surface area contributed by atoms with Gasteiger partial charge in [-0.2, -0.15) is 0 Å². The van der Waals surface area contributed by atoms with Crippen LogP contribution in [0, 0.1) is 0 Å². The summed E-state index contributed by atoms with van der Waals surface area (Å²) in [5.41, 5.74) is 2.78. The number of fused-ring (bicyclic) bond motifs is 1. The summed E-state index contributed by atoms with van der Waals surface area (Å²) < 4.78 is 1.91. The number of carbonyl (C=O) groups is 1. The van der Waals surface area contributed by atoms with Crippen molar-refractivity contribution in [3.63, 3.8) is 0 Å². The molecule has 3 rings (SSSR count). The first-order valence-electron chi connectivity index (χ1n) is 7.14. The SMILES string of the molecule is O=C(Cc1cn2ccccc2n1)NCCc1ccc(Cl)cc1. The lowest BCUT2D eigenvalue weighted by atomic mass is 10.1. The number of imidazole rings is 1. The summed E-state index contributed by atoms with van der Waals surface area (Å²) in [7, 11) is 0. The van der Waals surface area contributed by atoms with Crippen molar-refractivity contribution in [1.82, 2.24) is 14.7 Å². The van der Waals surface area contributed by atoms with Gasteiger partial charge in [0.15, 0.2) is 0 Å². The predicted molar refractivity (Wildman–Crippen MR) is 87.1 cm³/mol. The van der Waals surface area contributed by atoms with Gasteiger partial charge in [0.25, 0.3) is 0 Å². The Kier molecular flexibility index (Phi) is 4.39. The highest BCUT2D eigenvalue weighted by Gasteiger charge is 2.07. The first kappa shape index (κ1) is 14.6. The molecule has 0 aliphatic heterocycles. The lowest BCUT2D eigenvalue weighted by Gasteiger charge is -2.04. The van der Waals surface area contributed by atoms with E-state index in [2.05, 4.69) is 10.3 Å². The molecule has 1 amide bonds. The number of rotatable bonds is 5. The Balaban J connectivity index is 1.50. The zero-order valence-electron chi connectivity index (χ0n) is 12.0. The third-order valence-corrected chi connectivity index (χ3v) is 3.66. The predicted octanol–water partition coefficient (Wildman–Crippen LogP) is 2.89. The van der Waals surface area contributed by atoms with Crippen molar-refractivity contribution >= 4 is 23.2 Å². The molecule has 0 atom stereocenters. The Labute approximate surface area is 133 Å². The summed E-state index contributed by atoms with van der Waals surface area (Å²) in [5.74, 6) is -0.0163. The molecule has 5 heteroatoms. The average Bonchev–Trinajstić information content (AvgIpc) is 2.91. The van der Waals surface area contributed by atoms with Crippen LogP contribution in [-0.2, 0) is 17.6 Å². The largest absolute Gasteiger partial charge is 0.355 e. The van der Waals surface area contributed by atoms with Gasteiger partial charge in [-0.1, -0.05) is 29.8 Å². The van der Waals surface area contributed by atoms with Crippen LogP contribution in [0.25, 0.3) is 5.65 Å². The van der Waals surface area contributed by atoms with Crippen LogP contribution < -0.4 is 5.32 Å². The lowest BCUT2D eigenvalue weighted by molar-refractivity contribution is -0.120. The van der Waals surface area contributed by atoms with E-state index in [1.54, 1.807) is 0 Å². The molecule has 2 aromatic heterocycles. The van der Waals surface area contributed by atoms with Crippen molar-refractivity contribution in [1.29, 1.82) is 0 Å². The fraction of sp³-hybridized carbons (Fsp3) is 0.176. The van der Waals surface area contributed by atoms with E-state index in [9.17, 15) is 4.79 Å². The van der Waals surface area contributed by atoms with Crippen molar-refractivity contribution in [3.05, 3.63) is 71.1 Å². The third kappa shape index (κ3) is 3.65. The average molecular weight is 314 g/mol. The Bertz CT molecular complexity index is 747. The van der Waals surface area contributed by atoms with Crippen LogP contribution in [0.2, 0.25) is 5.02 Å². The van der Waals surface area contributed by atoms with Gasteiger partial charge in [-0.3, -0.25) is 4.79 Å². The fourth-order valence-electron chi connectivity index (χ4n) is 2.30. The minimum Gasteiger partial charge on any atom is -0.355 e. The Morgan fingerprint density at radius 1 is 1.18 bits per heavy atom. The van der Waals surface area contributed by atoms with Gasteiger partial charge < -0.3 is 9.72 Å². The first-order chi connectivity index (χ1) is 10.7. The number of halogens is 1. The Morgan fingerprint density at radius 3 is 2.77 bits per heavy atom. The van der Waals surface area contributed by atoms with Gasteiger partial charge in [-0.15, -0.1) is 0 Å². The van der Waals surface area contributed by atoms with E-state index in [0.717, 1.165) is 28.3 Å². The molecule has 1 aromatic carbocycles. The zero-order chi connectivity index (χ0) is 15.4.